The van der Waals surface area contributed by atoms with Crippen LogP contribution < -0.4 is 5.32 Å². The van der Waals surface area contributed by atoms with Gasteiger partial charge in [0.15, 0.2) is 0 Å². The van der Waals surface area contributed by atoms with Crippen LogP contribution in [0.2, 0.25) is 0 Å². The molecule has 2 amide bonds. The Labute approximate surface area is 247 Å². The highest BCUT2D eigenvalue weighted by Gasteiger charge is 2.40. The van der Waals surface area contributed by atoms with Crippen molar-refractivity contribution >= 4 is 11.8 Å². The lowest BCUT2D eigenvalue weighted by atomic mass is 9.84. The summed E-state index contributed by atoms with van der Waals surface area (Å²) in [5.41, 5.74) is -2.68. The summed E-state index contributed by atoms with van der Waals surface area (Å²) in [6, 6.07) is 1.10. The number of alkyl halides is 6. The van der Waals surface area contributed by atoms with Crippen molar-refractivity contribution in [1.82, 2.24) is 20.0 Å². The molecule has 3 unspecified atom stereocenters. The summed E-state index contributed by atoms with van der Waals surface area (Å²) in [6.45, 7) is 5.09. The zero-order valence-electron chi connectivity index (χ0n) is 24.0. The summed E-state index contributed by atoms with van der Waals surface area (Å²) >= 11 is 0. The second kappa shape index (κ2) is 13.0. The second-order valence-electron chi connectivity index (χ2n) is 12.1. The lowest BCUT2D eigenvalue weighted by Gasteiger charge is -2.41. The number of hydrogen-bond acceptors (Lipinski definition) is 4. The fourth-order valence-electron chi connectivity index (χ4n) is 6.78. The van der Waals surface area contributed by atoms with Gasteiger partial charge in [-0.25, -0.2) is 0 Å². The van der Waals surface area contributed by atoms with Crippen molar-refractivity contribution in [2.45, 2.75) is 69.4 Å². The third kappa shape index (κ3) is 7.81. The van der Waals surface area contributed by atoms with E-state index in [9.17, 15) is 35.9 Å². The monoisotopic (exact) mass is 612 g/mol. The van der Waals surface area contributed by atoms with Crippen LogP contribution in [-0.2, 0) is 17.1 Å². The first-order chi connectivity index (χ1) is 20.4. The van der Waals surface area contributed by atoms with Gasteiger partial charge in [-0.2, -0.15) is 26.3 Å². The van der Waals surface area contributed by atoms with Gasteiger partial charge in [0.2, 0.25) is 5.91 Å². The molecule has 12 heteroatoms. The van der Waals surface area contributed by atoms with Gasteiger partial charge in [0, 0.05) is 63.3 Å². The van der Waals surface area contributed by atoms with Gasteiger partial charge in [-0.3, -0.25) is 14.5 Å². The minimum atomic E-state index is -5.04. The van der Waals surface area contributed by atoms with Gasteiger partial charge in [0.25, 0.3) is 5.91 Å². The molecule has 0 spiro atoms. The number of likely N-dealkylation sites (tertiary alicyclic amines) is 1. The number of rotatable bonds is 6. The SMILES string of the molecule is O=C(CC1CCN(C(=O)c2cc(C(F)(F)F)cc(C(F)(F)F)c2)C(CC2=CCCC=C2)C1)N1CCN(C2CCNC2)CC1. The second-order valence-corrected chi connectivity index (χ2v) is 12.1. The minimum absolute atomic E-state index is 0.0359. The highest BCUT2D eigenvalue weighted by Crippen LogP contribution is 2.38. The molecule has 3 saturated heterocycles. The molecule has 0 saturated carbocycles. The third-order valence-electron chi connectivity index (χ3n) is 9.14. The number of nitrogens with zero attached hydrogens (tertiary/aromatic N) is 3. The molecule has 236 valence electrons. The Bertz CT molecular complexity index is 1200. The molecule has 3 aliphatic heterocycles. The summed E-state index contributed by atoms with van der Waals surface area (Å²) in [6.07, 6.45) is 0.346. The number of nitrogens with one attached hydrogen (secondary N) is 1. The highest BCUT2D eigenvalue weighted by atomic mass is 19.4. The molecule has 4 aliphatic rings. The van der Waals surface area contributed by atoms with E-state index in [1.807, 2.05) is 23.1 Å². The Morgan fingerprint density at radius 1 is 0.884 bits per heavy atom. The van der Waals surface area contributed by atoms with E-state index in [0.29, 0.717) is 56.9 Å². The molecular weight excluding hydrogens is 574 g/mol. The van der Waals surface area contributed by atoms with Gasteiger partial charge in [-0.1, -0.05) is 23.8 Å². The summed E-state index contributed by atoms with van der Waals surface area (Å²) in [4.78, 5) is 32.6. The molecule has 1 aromatic carbocycles. The minimum Gasteiger partial charge on any atom is -0.340 e. The number of carbonyl (C=O) groups is 2. The zero-order valence-corrected chi connectivity index (χ0v) is 24.0. The van der Waals surface area contributed by atoms with Crippen LogP contribution in [0.25, 0.3) is 0 Å². The predicted octanol–water partition coefficient (Wildman–Crippen LogP) is 5.51. The third-order valence-corrected chi connectivity index (χ3v) is 9.14. The smallest absolute Gasteiger partial charge is 0.340 e. The van der Waals surface area contributed by atoms with Crippen LogP contribution in [-0.4, -0.2) is 84.4 Å². The quantitative estimate of drug-likeness (QED) is 0.431. The van der Waals surface area contributed by atoms with Crippen molar-refractivity contribution in [1.29, 1.82) is 0 Å². The maximum Gasteiger partial charge on any atom is 0.416 e. The predicted molar refractivity (Wildman–Crippen MR) is 149 cm³/mol. The van der Waals surface area contributed by atoms with E-state index in [2.05, 4.69) is 10.2 Å². The fourth-order valence-corrected chi connectivity index (χ4v) is 6.78. The van der Waals surface area contributed by atoms with E-state index in [0.717, 1.165) is 51.0 Å². The van der Waals surface area contributed by atoms with Gasteiger partial charge in [0.05, 0.1) is 11.1 Å². The van der Waals surface area contributed by atoms with Crippen LogP contribution in [0.3, 0.4) is 0 Å². The van der Waals surface area contributed by atoms with Gasteiger partial charge >= 0.3 is 12.4 Å². The molecule has 3 heterocycles. The summed E-state index contributed by atoms with van der Waals surface area (Å²) < 4.78 is 81.0. The molecule has 0 aromatic heterocycles. The number of halogens is 6. The molecule has 43 heavy (non-hydrogen) atoms. The summed E-state index contributed by atoms with van der Waals surface area (Å²) in [5, 5.41) is 3.37. The van der Waals surface area contributed by atoms with Gasteiger partial charge in [-0.05, 0) is 69.2 Å². The van der Waals surface area contributed by atoms with Crippen LogP contribution in [0, 0.1) is 5.92 Å². The fraction of sp³-hybridized carbons (Fsp3) is 0.613. The normalized spacial score (nSPS) is 25.6. The van der Waals surface area contributed by atoms with Crippen molar-refractivity contribution in [2.75, 3.05) is 45.8 Å². The molecule has 1 N–H and O–H groups in total. The van der Waals surface area contributed by atoms with E-state index in [1.165, 1.54) is 4.90 Å². The lowest BCUT2D eigenvalue weighted by molar-refractivity contribution is -0.143. The van der Waals surface area contributed by atoms with Gasteiger partial charge in [0.1, 0.15) is 0 Å². The summed E-state index contributed by atoms with van der Waals surface area (Å²) in [5.74, 6) is -0.847. The molecule has 1 aromatic rings. The van der Waals surface area contributed by atoms with E-state index in [1.54, 1.807) is 0 Å². The van der Waals surface area contributed by atoms with Crippen molar-refractivity contribution < 1.29 is 35.9 Å². The molecule has 0 radical (unpaired) electrons. The number of amides is 2. The van der Waals surface area contributed by atoms with Crippen molar-refractivity contribution in [3.05, 3.63) is 58.7 Å². The topological polar surface area (TPSA) is 55.9 Å². The van der Waals surface area contributed by atoms with Crippen LogP contribution in [0.1, 0.15) is 66.4 Å². The molecule has 3 fully saturated rings. The first-order valence-electron chi connectivity index (χ1n) is 15.1. The maximum atomic E-state index is 13.6. The number of piperidine rings is 1. The maximum absolute atomic E-state index is 13.6. The largest absolute Gasteiger partial charge is 0.416 e. The first-order valence-corrected chi connectivity index (χ1v) is 15.1. The highest BCUT2D eigenvalue weighted by molar-refractivity contribution is 5.95. The average Bonchev–Trinajstić information content (AvgIpc) is 3.52. The van der Waals surface area contributed by atoms with Crippen LogP contribution in [0.4, 0.5) is 26.3 Å². The Kier molecular flexibility index (Phi) is 9.55. The Morgan fingerprint density at radius 2 is 1.58 bits per heavy atom. The number of allylic oxidation sites excluding steroid dienone is 3. The van der Waals surface area contributed by atoms with E-state index < -0.39 is 41.0 Å². The van der Waals surface area contributed by atoms with E-state index in [-0.39, 0.29) is 24.4 Å². The van der Waals surface area contributed by atoms with E-state index in [4.69, 9.17) is 0 Å². The molecule has 5 rings (SSSR count). The number of benzene rings is 1. The van der Waals surface area contributed by atoms with Crippen molar-refractivity contribution in [3.63, 3.8) is 0 Å². The van der Waals surface area contributed by atoms with Gasteiger partial charge in [-0.15, -0.1) is 0 Å². The molecular formula is C31H38F6N4O2. The van der Waals surface area contributed by atoms with E-state index >= 15 is 0 Å². The Balaban J connectivity index is 1.29. The van der Waals surface area contributed by atoms with Crippen LogP contribution >= 0.6 is 0 Å². The van der Waals surface area contributed by atoms with Crippen LogP contribution in [0.5, 0.6) is 0 Å². The molecule has 3 atom stereocenters. The van der Waals surface area contributed by atoms with Crippen molar-refractivity contribution in [2.24, 2.45) is 5.92 Å². The Morgan fingerprint density at radius 3 is 2.16 bits per heavy atom. The van der Waals surface area contributed by atoms with Gasteiger partial charge < -0.3 is 15.1 Å². The number of carbonyl (C=O) groups excluding carboxylic acids is 2. The zero-order chi connectivity index (χ0) is 30.8. The lowest BCUT2D eigenvalue weighted by Crippen LogP contribution is -2.53. The van der Waals surface area contributed by atoms with Crippen molar-refractivity contribution in [3.8, 4) is 0 Å². The number of piperazine rings is 1. The van der Waals surface area contributed by atoms with Crippen LogP contribution in [0.15, 0.2) is 42.0 Å². The average molecular weight is 613 g/mol. The summed E-state index contributed by atoms with van der Waals surface area (Å²) in [7, 11) is 0. The first kappa shape index (κ1) is 31.6. The Hall–Kier alpha value is -2.86. The standard InChI is InChI=1S/C31H38F6N4O2/c32-30(33,34)24-17-23(18-25(19-24)31(35,36)37)29(43)41-9-7-22(15-27(41)14-21-4-2-1-3-5-21)16-28(42)40-12-10-39(11-13-40)26-6-8-38-20-26/h2,4-5,17-19,22,26-27,38H,1,3,6-16,20H2. The molecule has 1 aliphatic carbocycles. The number of hydrogen-bond donors (Lipinski definition) is 1. The molecule has 6 nitrogen and oxygen atoms in total. The molecule has 0 bridgehead atoms.